The van der Waals surface area contributed by atoms with Crippen LogP contribution in [0.4, 0.5) is 0 Å². The van der Waals surface area contributed by atoms with Crippen LogP contribution in [0.3, 0.4) is 0 Å². The molecule has 4 nitrogen and oxygen atoms in total. The molecule has 16 heavy (non-hydrogen) atoms. The second-order valence-corrected chi connectivity index (χ2v) is 6.27. The maximum Gasteiger partial charge on any atom is 0.240 e. The highest BCUT2D eigenvalue weighted by atomic mass is 32.2. The Balaban J connectivity index is 2.75. The highest BCUT2D eigenvalue weighted by molar-refractivity contribution is 7.89. The van der Waals surface area contributed by atoms with Gasteiger partial charge in [-0.15, -0.1) is 0 Å². The summed E-state index contributed by atoms with van der Waals surface area (Å²) in [6.45, 7) is 4.60. The SMILES string of the molecule is CC(C)(CN)CNS(=O)(=O)c1ccccc1. The lowest BCUT2D eigenvalue weighted by Crippen LogP contribution is -2.38. The molecule has 0 unspecified atom stereocenters. The standard InChI is InChI=1S/C11H18N2O2S/c1-11(2,8-12)9-13-16(14,15)10-6-4-3-5-7-10/h3-7,13H,8-9,12H2,1-2H3. The monoisotopic (exact) mass is 242 g/mol. The minimum absolute atomic E-state index is 0.234. The van der Waals surface area contributed by atoms with Gasteiger partial charge in [0.15, 0.2) is 0 Å². The minimum atomic E-state index is -3.41. The number of sulfonamides is 1. The minimum Gasteiger partial charge on any atom is -0.330 e. The van der Waals surface area contributed by atoms with Gasteiger partial charge in [0.1, 0.15) is 0 Å². The van der Waals surface area contributed by atoms with E-state index in [4.69, 9.17) is 5.73 Å². The third kappa shape index (κ3) is 3.59. The van der Waals surface area contributed by atoms with Crippen LogP contribution >= 0.6 is 0 Å². The number of hydrogen-bond donors (Lipinski definition) is 2. The van der Waals surface area contributed by atoms with Gasteiger partial charge in [-0.2, -0.15) is 0 Å². The Morgan fingerprint density at radius 1 is 1.25 bits per heavy atom. The van der Waals surface area contributed by atoms with E-state index in [2.05, 4.69) is 4.72 Å². The molecule has 0 bridgehead atoms. The zero-order valence-electron chi connectivity index (χ0n) is 9.60. The van der Waals surface area contributed by atoms with Crippen molar-refractivity contribution in [2.75, 3.05) is 13.1 Å². The summed E-state index contributed by atoms with van der Waals surface area (Å²) < 4.78 is 26.2. The first-order chi connectivity index (χ1) is 7.37. The molecule has 1 aromatic rings. The lowest BCUT2D eigenvalue weighted by Gasteiger charge is -2.22. The Hall–Kier alpha value is -0.910. The summed E-state index contributed by atoms with van der Waals surface area (Å²) >= 11 is 0. The zero-order valence-corrected chi connectivity index (χ0v) is 10.4. The first-order valence-electron chi connectivity index (χ1n) is 5.12. The Morgan fingerprint density at radius 3 is 2.31 bits per heavy atom. The fraction of sp³-hybridized carbons (Fsp3) is 0.455. The quantitative estimate of drug-likeness (QED) is 0.807. The van der Waals surface area contributed by atoms with Crippen molar-refractivity contribution in [3.8, 4) is 0 Å². The number of benzene rings is 1. The lowest BCUT2D eigenvalue weighted by molar-refractivity contribution is 0.376. The molecule has 0 radical (unpaired) electrons. The molecule has 0 aliphatic rings. The zero-order chi connectivity index (χ0) is 12.2. The van der Waals surface area contributed by atoms with Crippen molar-refractivity contribution in [2.24, 2.45) is 11.1 Å². The van der Waals surface area contributed by atoms with Crippen molar-refractivity contribution in [1.82, 2.24) is 4.72 Å². The molecule has 3 N–H and O–H groups in total. The second-order valence-electron chi connectivity index (χ2n) is 4.51. The highest BCUT2D eigenvalue weighted by Crippen LogP contribution is 2.13. The fourth-order valence-corrected chi connectivity index (χ4v) is 2.31. The van der Waals surface area contributed by atoms with E-state index in [1.165, 1.54) is 0 Å². The Kier molecular flexibility index (Phi) is 4.07. The Labute approximate surface area is 96.9 Å². The van der Waals surface area contributed by atoms with Gasteiger partial charge in [0.05, 0.1) is 4.90 Å². The Bertz CT molecular complexity index is 427. The number of nitrogens with one attached hydrogen (secondary N) is 1. The van der Waals surface area contributed by atoms with Gasteiger partial charge in [0.25, 0.3) is 0 Å². The lowest BCUT2D eigenvalue weighted by atomic mass is 9.95. The van der Waals surface area contributed by atoms with Crippen molar-refractivity contribution < 1.29 is 8.42 Å². The van der Waals surface area contributed by atoms with Gasteiger partial charge in [-0.3, -0.25) is 0 Å². The van der Waals surface area contributed by atoms with E-state index in [0.717, 1.165) is 0 Å². The summed E-state index contributed by atoms with van der Waals surface area (Å²) in [4.78, 5) is 0.280. The van der Waals surface area contributed by atoms with Gasteiger partial charge in [0, 0.05) is 6.54 Å². The van der Waals surface area contributed by atoms with Gasteiger partial charge in [-0.25, -0.2) is 13.1 Å². The van der Waals surface area contributed by atoms with Crippen molar-refractivity contribution in [1.29, 1.82) is 0 Å². The van der Waals surface area contributed by atoms with Crippen molar-refractivity contribution in [2.45, 2.75) is 18.7 Å². The molecule has 0 spiro atoms. The molecule has 1 rings (SSSR count). The molecule has 5 heteroatoms. The molecular formula is C11H18N2O2S. The molecule has 1 aromatic carbocycles. The molecule has 0 saturated carbocycles. The van der Waals surface area contributed by atoms with Crippen LogP contribution in [-0.2, 0) is 10.0 Å². The summed E-state index contributed by atoms with van der Waals surface area (Å²) in [5.41, 5.74) is 5.31. The molecule has 0 saturated heterocycles. The third-order valence-corrected chi connectivity index (χ3v) is 3.76. The van der Waals surface area contributed by atoms with E-state index < -0.39 is 10.0 Å². The normalized spacial score (nSPS) is 12.7. The maximum absolute atomic E-state index is 11.8. The predicted molar refractivity (Wildman–Crippen MR) is 64.5 cm³/mol. The fourth-order valence-electron chi connectivity index (χ4n) is 1.05. The number of nitrogens with two attached hydrogens (primary N) is 1. The molecule has 0 heterocycles. The van der Waals surface area contributed by atoms with Crippen molar-refractivity contribution in [3.05, 3.63) is 30.3 Å². The van der Waals surface area contributed by atoms with Crippen LogP contribution in [0.15, 0.2) is 35.2 Å². The molecule has 0 amide bonds. The van der Waals surface area contributed by atoms with E-state index in [1.54, 1.807) is 30.3 Å². The molecule has 0 fully saturated rings. The summed E-state index contributed by atoms with van der Waals surface area (Å²) in [7, 11) is -3.41. The maximum atomic E-state index is 11.8. The topological polar surface area (TPSA) is 72.2 Å². The average molecular weight is 242 g/mol. The third-order valence-electron chi connectivity index (χ3n) is 2.35. The predicted octanol–water partition coefficient (Wildman–Crippen LogP) is 0.950. The first kappa shape index (κ1) is 13.2. The van der Waals surface area contributed by atoms with Crippen molar-refractivity contribution >= 4 is 10.0 Å². The molecule has 0 atom stereocenters. The molecule has 0 aliphatic carbocycles. The first-order valence-corrected chi connectivity index (χ1v) is 6.60. The smallest absolute Gasteiger partial charge is 0.240 e. The van der Waals surface area contributed by atoms with E-state index in [9.17, 15) is 8.42 Å². The highest BCUT2D eigenvalue weighted by Gasteiger charge is 2.20. The van der Waals surface area contributed by atoms with Crippen LogP contribution < -0.4 is 10.5 Å². The van der Waals surface area contributed by atoms with E-state index >= 15 is 0 Å². The summed E-state index contributed by atoms with van der Waals surface area (Å²) in [5, 5.41) is 0. The van der Waals surface area contributed by atoms with Crippen LogP contribution in [0.5, 0.6) is 0 Å². The summed E-state index contributed by atoms with van der Waals surface area (Å²) in [6.07, 6.45) is 0. The molecule has 0 aromatic heterocycles. The average Bonchev–Trinajstić information content (AvgIpc) is 2.28. The van der Waals surface area contributed by atoms with Crippen molar-refractivity contribution in [3.63, 3.8) is 0 Å². The number of hydrogen-bond acceptors (Lipinski definition) is 3. The number of rotatable bonds is 5. The van der Waals surface area contributed by atoms with Gasteiger partial charge >= 0.3 is 0 Å². The van der Waals surface area contributed by atoms with E-state index in [0.29, 0.717) is 13.1 Å². The van der Waals surface area contributed by atoms with Crippen LogP contribution in [0.1, 0.15) is 13.8 Å². The summed E-state index contributed by atoms with van der Waals surface area (Å²) in [5.74, 6) is 0. The Morgan fingerprint density at radius 2 is 1.81 bits per heavy atom. The van der Waals surface area contributed by atoms with Gasteiger partial charge < -0.3 is 5.73 Å². The van der Waals surface area contributed by atoms with Crippen LogP contribution in [-0.4, -0.2) is 21.5 Å². The van der Waals surface area contributed by atoms with Gasteiger partial charge in [-0.1, -0.05) is 32.0 Å². The summed E-state index contributed by atoms with van der Waals surface area (Å²) in [6, 6.07) is 8.31. The molecular weight excluding hydrogens is 224 g/mol. The second kappa shape index (κ2) is 4.95. The van der Waals surface area contributed by atoms with E-state index in [1.807, 2.05) is 13.8 Å². The van der Waals surface area contributed by atoms with Crippen LogP contribution in [0.25, 0.3) is 0 Å². The van der Waals surface area contributed by atoms with Gasteiger partial charge in [-0.05, 0) is 24.1 Å². The van der Waals surface area contributed by atoms with Gasteiger partial charge in [0.2, 0.25) is 10.0 Å². The largest absolute Gasteiger partial charge is 0.330 e. The molecule has 0 aliphatic heterocycles. The van der Waals surface area contributed by atoms with E-state index in [-0.39, 0.29) is 10.3 Å². The molecule has 90 valence electrons. The van der Waals surface area contributed by atoms with Crippen LogP contribution in [0, 0.1) is 5.41 Å². The van der Waals surface area contributed by atoms with Crippen LogP contribution in [0.2, 0.25) is 0 Å².